The number of carbonyl (C=O) groups is 2. The van der Waals surface area contributed by atoms with Crippen LogP contribution in [0.4, 0.5) is 23.8 Å². The van der Waals surface area contributed by atoms with Crippen molar-refractivity contribution in [2.75, 3.05) is 18.5 Å². The number of aliphatic hydroxyl groups excluding tert-OH is 1. The number of rotatable bonds is 7. The number of carboxylic acid groups (broad SMARTS) is 1. The molecule has 2 amide bonds. The van der Waals surface area contributed by atoms with Crippen LogP contribution in [0.1, 0.15) is 27.0 Å². The Morgan fingerprint density at radius 1 is 1.23 bits per heavy atom. The van der Waals surface area contributed by atoms with Crippen molar-refractivity contribution in [1.29, 1.82) is 0 Å². The molecule has 3 aromatic heterocycles. The molecule has 15 heteroatoms. The molecule has 0 radical (unpaired) electrons. The third-order valence-corrected chi connectivity index (χ3v) is 7.40. The highest BCUT2D eigenvalue weighted by molar-refractivity contribution is 14.1. The number of aromatic carboxylic acids is 1. The molecule has 0 aliphatic heterocycles. The minimum atomic E-state index is -4.67. The van der Waals surface area contributed by atoms with Gasteiger partial charge in [0.1, 0.15) is 20.4 Å². The fourth-order valence-electron chi connectivity index (χ4n) is 3.77. The highest BCUT2D eigenvalue weighted by Crippen LogP contribution is 2.39. The van der Waals surface area contributed by atoms with Gasteiger partial charge in [-0.3, -0.25) is 10.1 Å². The predicted molar refractivity (Wildman–Crippen MR) is 147 cm³/mol. The van der Waals surface area contributed by atoms with Crippen LogP contribution >= 0.6 is 33.9 Å². The van der Waals surface area contributed by atoms with Crippen molar-refractivity contribution in [2.45, 2.75) is 17.1 Å². The van der Waals surface area contributed by atoms with Crippen LogP contribution in [-0.4, -0.2) is 49.9 Å². The molecule has 4 rings (SSSR count). The lowest BCUT2D eigenvalue weighted by Gasteiger charge is -2.17. The lowest BCUT2D eigenvalue weighted by molar-refractivity contribution is -0.140. The van der Waals surface area contributed by atoms with Gasteiger partial charge in [-0.1, -0.05) is 28.7 Å². The van der Waals surface area contributed by atoms with Gasteiger partial charge in [-0.25, -0.2) is 19.6 Å². The molecule has 1 atom stereocenters. The Labute approximate surface area is 235 Å². The Morgan fingerprint density at radius 3 is 2.59 bits per heavy atom. The standard InChI is InChI=1S/C24H19F3IN5O5S/c1-2-29-23(38)32-19-6-12(21-31-17(10-39-21)24(25,26)27)14(7-30-19)11-3-4-16-13(5-11)20(35)15(22(36)37)8-33(16)18(28)9-34/h3-8,10,18,34H,2,9H2,1H3,(H,36,37)(H2,29,30,32,38)/t18-/m1/s1. The molecular weight excluding hydrogens is 654 g/mol. The first-order valence-corrected chi connectivity index (χ1v) is 13.3. The number of anilines is 1. The van der Waals surface area contributed by atoms with E-state index in [0.29, 0.717) is 23.2 Å². The SMILES string of the molecule is CCNC(=O)Nc1cc(-c2nc(C(F)(F)F)cs2)c(-c2ccc3c(c2)c(=O)c(C(=O)O)cn3[C@@H](I)CO)cn1. The molecule has 39 heavy (non-hydrogen) atoms. The van der Waals surface area contributed by atoms with Gasteiger partial charge >= 0.3 is 18.2 Å². The molecule has 204 valence electrons. The molecule has 0 saturated carbocycles. The third-order valence-electron chi connectivity index (χ3n) is 5.53. The monoisotopic (exact) mass is 673 g/mol. The first-order chi connectivity index (χ1) is 18.4. The number of urea groups is 1. The van der Waals surface area contributed by atoms with E-state index >= 15 is 0 Å². The maximum atomic E-state index is 13.3. The summed E-state index contributed by atoms with van der Waals surface area (Å²) in [4.78, 5) is 44.7. The largest absolute Gasteiger partial charge is 0.477 e. The van der Waals surface area contributed by atoms with E-state index in [2.05, 4.69) is 20.6 Å². The maximum Gasteiger partial charge on any atom is 0.434 e. The number of halogens is 4. The van der Waals surface area contributed by atoms with Crippen molar-refractivity contribution < 1.29 is 33.0 Å². The molecule has 4 N–H and O–H groups in total. The van der Waals surface area contributed by atoms with E-state index in [9.17, 15) is 37.8 Å². The zero-order chi connectivity index (χ0) is 28.5. The predicted octanol–water partition coefficient (Wildman–Crippen LogP) is 4.97. The summed E-state index contributed by atoms with van der Waals surface area (Å²) in [6.45, 7) is 1.71. The molecule has 1 aromatic carbocycles. The molecule has 0 bridgehead atoms. The quantitative estimate of drug-likeness (QED) is 0.160. The van der Waals surface area contributed by atoms with Crippen LogP contribution in [-0.2, 0) is 6.18 Å². The molecular formula is C24H19F3IN5O5S. The summed E-state index contributed by atoms with van der Waals surface area (Å²) < 4.78 is 40.8. The number of nitrogens with one attached hydrogen (secondary N) is 2. The zero-order valence-electron chi connectivity index (χ0n) is 19.9. The number of alkyl halides is 4. The molecule has 0 spiro atoms. The van der Waals surface area contributed by atoms with Crippen LogP contribution in [0.15, 0.2) is 46.8 Å². The Hall–Kier alpha value is -3.57. The first-order valence-electron chi connectivity index (χ1n) is 11.2. The summed E-state index contributed by atoms with van der Waals surface area (Å²) in [7, 11) is 0. The van der Waals surface area contributed by atoms with E-state index in [4.69, 9.17) is 0 Å². The molecule has 4 aromatic rings. The molecule has 0 aliphatic rings. The van der Waals surface area contributed by atoms with Crippen molar-refractivity contribution in [1.82, 2.24) is 19.9 Å². The molecule has 0 saturated heterocycles. The van der Waals surface area contributed by atoms with E-state index in [1.807, 2.05) is 22.6 Å². The van der Waals surface area contributed by atoms with E-state index in [-0.39, 0.29) is 28.4 Å². The molecule has 3 heterocycles. The summed E-state index contributed by atoms with van der Waals surface area (Å²) in [5.74, 6) is -1.40. The summed E-state index contributed by atoms with van der Waals surface area (Å²) in [6.07, 6.45) is -2.20. The van der Waals surface area contributed by atoms with Gasteiger partial charge in [-0.15, -0.1) is 11.3 Å². The minimum absolute atomic E-state index is 0.0110. The van der Waals surface area contributed by atoms with Crippen LogP contribution in [0.5, 0.6) is 0 Å². The number of nitrogens with zero attached hydrogens (tertiary/aromatic N) is 3. The zero-order valence-corrected chi connectivity index (χ0v) is 22.9. The van der Waals surface area contributed by atoms with Gasteiger partial charge in [0.2, 0.25) is 5.43 Å². The van der Waals surface area contributed by atoms with Crippen molar-refractivity contribution in [2.24, 2.45) is 0 Å². The van der Waals surface area contributed by atoms with Crippen LogP contribution < -0.4 is 16.1 Å². The van der Waals surface area contributed by atoms with Crippen LogP contribution in [0.25, 0.3) is 32.6 Å². The summed E-state index contributed by atoms with van der Waals surface area (Å²) in [6, 6.07) is 5.36. The number of hydrogen-bond donors (Lipinski definition) is 4. The number of amides is 2. The van der Waals surface area contributed by atoms with Gasteiger partial charge in [-0.2, -0.15) is 13.2 Å². The highest BCUT2D eigenvalue weighted by atomic mass is 127. The second kappa shape index (κ2) is 11.3. The van der Waals surface area contributed by atoms with E-state index in [1.165, 1.54) is 22.9 Å². The highest BCUT2D eigenvalue weighted by Gasteiger charge is 2.34. The maximum absolute atomic E-state index is 13.3. The van der Waals surface area contributed by atoms with Crippen molar-refractivity contribution in [3.8, 4) is 21.7 Å². The number of hydrogen-bond acceptors (Lipinski definition) is 7. The number of fused-ring (bicyclic) bond motifs is 1. The first kappa shape index (κ1) is 28.4. The number of pyridine rings is 2. The molecule has 0 aliphatic carbocycles. The summed E-state index contributed by atoms with van der Waals surface area (Å²) in [5, 5.41) is 25.1. The Balaban J connectivity index is 1.94. The molecule has 0 fully saturated rings. The van der Waals surface area contributed by atoms with E-state index in [1.54, 1.807) is 19.1 Å². The number of aliphatic hydroxyl groups is 1. The van der Waals surface area contributed by atoms with Crippen LogP contribution in [0, 0.1) is 0 Å². The van der Waals surface area contributed by atoms with Gasteiger partial charge in [-0.05, 0) is 30.7 Å². The Kier molecular flexibility index (Phi) is 8.22. The van der Waals surface area contributed by atoms with Crippen LogP contribution in [0.2, 0.25) is 0 Å². The lowest BCUT2D eigenvalue weighted by atomic mass is 9.99. The smallest absolute Gasteiger partial charge is 0.434 e. The lowest BCUT2D eigenvalue weighted by Crippen LogP contribution is -2.28. The summed E-state index contributed by atoms with van der Waals surface area (Å²) >= 11 is 2.64. The second-order valence-corrected chi connectivity index (χ2v) is 10.4. The van der Waals surface area contributed by atoms with Crippen molar-refractivity contribution >= 4 is 62.6 Å². The average molecular weight is 673 g/mol. The van der Waals surface area contributed by atoms with Gasteiger partial charge in [0.15, 0.2) is 5.69 Å². The molecule has 10 nitrogen and oxygen atoms in total. The minimum Gasteiger partial charge on any atom is -0.477 e. The van der Waals surface area contributed by atoms with Crippen molar-refractivity contribution in [3.05, 3.63) is 63.5 Å². The normalized spacial score (nSPS) is 12.4. The Morgan fingerprint density at radius 2 is 1.97 bits per heavy atom. The van der Waals surface area contributed by atoms with E-state index in [0.717, 1.165) is 22.9 Å². The average Bonchev–Trinajstić information content (AvgIpc) is 3.39. The number of benzene rings is 1. The fourth-order valence-corrected chi connectivity index (χ4v) is 5.09. The van der Waals surface area contributed by atoms with E-state index < -0.39 is 38.9 Å². The summed E-state index contributed by atoms with van der Waals surface area (Å²) in [5.41, 5.74) is -1.18. The van der Waals surface area contributed by atoms with Crippen molar-refractivity contribution in [3.63, 3.8) is 0 Å². The Bertz CT molecular complexity index is 1640. The van der Waals surface area contributed by atoms with Crippen LogP contribution in [0.3, 0.4) is 0 Å². The number of carboxylic acids is 1. The number of carbonyl (C=O) groups excluding carboxylic acids is 1. The number of thiazole rings is 1. The fraction of sp³-hybridized carbons (Fsp3) is 0.208. The van der Waals surface area contributed by atoms with Gasteiger partial charge in [0.05, 0.1) is 12.1 Å². The molecule has 0 unspecified atom stereocenters. The number of aromatic nitrogens is 3. The van der Waals surface area contributed by atoms with Gasteiger partial charge in [0.25, 0.3) is 0 Å². The second-order valence-electron chi connectivity index (χ2n) is 8.07. The van der Waals surface area contributed by atoms with Gasteiger partial charge in [0, 0.05) is 40.8 Å². The topological polar surface area (TPSA) is 146 Å². The third kappa shape index (κ3) is 5.89. The van der Waals surface area contributed by atoms with Gasteiger partial charge < -0.3 is 20.1 Å².